The van der Waals surface area contributed by atoms with Crippen molar-refractivity contribution in [3.05, 3.63) is 77.9 Å². The van der Waals surface area contributed by atoms with Gasteiger partial charge in [-0.1, -0.05) is 6.07 Å². The molecule has 39 heavy (non-hydrogen) atoms. The van der Waals surface area contributed by atoms with E-state index in [4.69, 9.17) is 4.74 Å². The average Bonchev–Trinajstić information content (AvgIpc) is 3.54. The first-order valence-electron chi connectivity index (χ1n) is 13.2. The lowest BCUT2D eigenvalue weighted by molar-refractivity contribution is 0.0668. The van der Waals surface area contributed by atoms with Gasteiger partial charge in [-0.05, 0) is 66.4 Å². The molecule has 1 saturated heterocycles. The largest absolute Gasteiger partial charge is 0.492 e. The summed E-state index contributed by atoms with van der Waals surface area (Å²) < 4.78 is 22.1. The number of benzene rings is 2. The van der Waals surface area contributed by atoms with Crippen molar-refractivity contribution >= 4 is 5.91 Å². The van der Waals surface area contributed by atoms with Crippen molar-refractivity contribution in [2.75, 3.05) is 32.9 Å². The minimum absolute atomic E-state index is 0.159. The van der Waals surface area contributed by atoms with Crippen LogP contribution in [0.5, 0.6) is 5.75 Å². The minimum atomic E-state index is -0.259. The van der Waals surface area contributed by atoms with E-state index in [1.165, 1.54) is 0 Å². The number of hydrogen-bond acceptors (Lipinski definition) is 5. The number of carbonyl (C=O) groups excluding carboxylic acids is 1. The van der Waals surface area contributed by atoms with Crippen molar-refractivity contribution in [2.45, 2.75) is 19.9 Å². The molecular weight excluding hydrogens is 495 g/mol. The first-order valence-corrected chi connectivity index (χ1v) is 13.2. The van der Waals surface area contributed by atoms with E-state index in [0.717, 1.165) is 53.0 Å². The van der Waals surface area contributed by atoms with Crippen LogP contribution in [0.3, 0.4) is 0 Å². The third-order valence-electron chi connectivity index (χ3n) is 7.26. The molecule has 1 atom stereocenters. The molecule has 4 aromatic rings. The zero-order chi connectivity index (χ0) is 27.5. The maximum Gasteiger partial charge on any atom is 0.252 e. The maximum atomic E-state index is 13.4. The van der Waals surface area contributed by atoms with Crippen molar-refractivity contribution in [1.29, 1.82) is 0 Å². The fourth-order valence-corrected chi connectivity index (χ4v) is 4.92. The molecule has 1 fully saturated rings. The molecule has 0 unspecified atom stereocenters. The Morgan fingerprint density at radius 1 is 1.03 bits per heavy atom. The summed E-state index contributed by atoms with van der Waals surface area (Å²) in [5.74, 6) is 0.652. The SMILES string of the molecule is Cc1ccc(OCCN2CC(CF)C2)cc1C(=O)N[C@H](C)c1cc(-c2cnn(C)c2)cc(-c2cnn(C)c2)c1. The van der Waals surface area contributed by atoms with Gasteiger partial charge in [-0.25, -0.2) is 0 Å². The predicted molar refractivity (Wildman–Crippen MR) is 149 cm³/mol. The average molecular weight is 531 g/mol. The van der Waals surface area contributed by atoms with E-state index in [1.54, 1.807) is 15.4 Å². The van der Waals surface area contributed by atoms with Crippen LogP contribution in [0.2, 0.25) is 0 Å². The summed E-state index contributed by atoms with van der Waals surface area (Å²) in [5, 5.41) is 11.8. The van der Waals surface area contributed by atoms with Gasteiger partial charge in [0.2, 0.25) is 0 Å². The molecular formula is C30H35FN6O2. The molecule has 1 amide bonds. The fourth-order valence-electron chi connectivity index (χ4n) is 4.92. The number of aryl methyl sites for hydroxylation is 3. The van der Waals surface area contributed by atoms with Crippen LogP contribution >= 0.6 is 0 Å². The van der Waals surface area contributed by atoms with Gasteiger partial charge in [-0.2, -0.15) is 10.2 Å². The molecule has 9 heteroatoms. The number of aromatic nitrogens is 4. The van der Waals surface area contributed by atoms with Gasteiger partial charge in [-0.15, -0.1) is 0 Å². The number of amides is 1. The van der Waals surface area contributed by atoms with Crippen molar-refractivity contribution in [3.63, 3.8) is 0 Å². The highest BCUT2D eigenvalue weighted by Gasteiger charge is 2.26. The van der Waals surface area contributed by atoms with Crippen LogP contribution in [0.25, 0.3) is 22.3 Å². The molecule has 3 heterocycles. The first-order chi connectivity index (χ1) is 18.8. The van der Waals surface area contributed by atoms with Crippen molar-refractivity contribution in [3.8, 4) is 28.0 Å². The summed E-state index contributed by atoms with van der Waals surface area (Å²) >= 11 is 0. The molecule has 1 aliphatic heterocycles. The highest BCUT2D eigenvalue weighted by Crippen LogP contribution is 2.31. The molecule has 1 aliphatic rings. The number of halogens is 1. The van der Waals surface area contributed by atoms with Crippen molar-refractivity contribution in [1.82, 2.24) is 29.8 Å². The normalized spacial score (nSPS) is 14.7. The fraction of sp³-hybridized carbons (Fsp3) is 0.367. The van der Waals surface area contributed by atoms with Gasteiger partial charge in [0.25, 0.3) is 5.91 Å². The number of rotatable bonds is 10. The van der Waals surface area contributed by atoms with Crippen molar-refractivity contribution in [2.24, 2.45) is 20.0 Å². The number of alkyl halides is 1. The maximum absolute atomic E-state index is 13.4. The molecule has 2 aromatic carbocycles. The Morgan fingerprint density at radius 2 is 1.67 bits per heavy atom. The Kier molecular flexibility index (Phi) is 7.79. The second-order valence-corrected chi connectivity index (χ2v) is 10.4. The summed E-state index contributed by atoms with van der Waals surface area (Å²) in [5.41, 5.74) is 6.48. The van der Waals surface area contributed by atoms with Gasteiger partial charge >= 0.3 is 0 Å². The predicted octanol–water partition coefficient (Wildman–Crippen LogP) is 4.57. The summed E-state index contributed by atoms with van der Waals surface area (Å²) in [4.78, 5) is 15.6. The van der Waals surface area contributed by atoms with Crippen LogP contribution < -0.4 is 10.1 Å². The molecule has 1 N–H and O–H groups in total. The molecule has 8 nitrogen and oxygen atoms in total. The number of hydrogen-bond donors (Lipinski definition) is 1. The van der Waals surface area contributed by atoms with Crippen LogP contribution in [0.4, 0.5) is 4.39 Å². The number of nitrogens with one attached hydrogen (secondary N) is 1. The van der Waals surface area contributed by atoms with Gasteiger partial charge < -0.3 is 10.1 Å². The van der Waals surface area contributed by atoms with Gasteiger partial charge in [0.05, 0.1) is 25.1 Å². The van der Waals surface area contributed by atoms with E-state index in [0.29, 0.717) is 17.9 Å². The standard InChI is InChI=1S/C30H35FN6O2/c1-20-5-6-28(39-8-7-37-16-22(13-31)17-37)12-29(20)30(38)34-21(2)23-9-24(26-14-32-35(3)18-26)11-25(10-23)27-15-33-36(4)19-27/h5-6,9-12,14-15,18-19,21-22H,7-8,13,16-17H2,1-4H3,(H,34,38)/t21-/m1/s1. The van der Waals surface area contributed by atoms with Gasteiger partial charge in [-0.3, -0.25) is 23.4 Å². The second-order valence-electron chi connectivity index (χ2n) is 10.4. The van der Waals surface area contributed by atoms with E-state index in [-0.39, 0.29) is 24.5 Å². The Labute approximate surface area is 228 Å². The molecule has 0 spiro atoms. The topological polar surface area (TPSA) is 77.2 Å². The number of ether oxygens (including phenoxy) is 1. The van der Waals surface area contributed by atoms with E-state index in [9.17, 15) is 9.18 Å². The van der Waals surface area contributed by atoms with Crippen LogP contribution in [-0.4, -0.2) is 63.3 Å². The lowest BCUT2D eigenvalue weighted by Crippen LogP contribution is -2.49. The third-order valence-corrected chi connectivity index (χ3v) is 7.26. The lowest BCUT2D eigenvalue weighted by Gasteiger charge is -2.37. The second kappa shape index (κ2) is 11.4. The van der Waals surface area contributed by atoms with Crippen LogP contribution in [0, 0.1) is 12.8 Å². The molecule has 5 rings (SSSR count). The first kappa shape index (κ1) is 26.6. The Bertz CT molecular complexity index is 1400. The molecule has 0 aliphatic carbocycles. The summed E-state index contributed by atoms with van der Waals surface area (Å²) in [6, 6.07) is 11.6. The molecule has 0 saturated carbocycles. The Morgan fingerprint density at radius 3 is 2.23 bits per heavy atom. The molecule has 0 radical (unpaired) electrons. The van der Waals surface area contributed by atoms with Gasteiger partial charge in [0.1, 0.15) is 12.4 Å². The van der Waals surface area contributed by atoms with Gasteiger partial charge in [0.15, 0.2) is 0 Å². The van der Waals surface area contributed by atoms with Crippen LogP contribution in [0.1, 0.15) is 34.5 Å². The molecule has 0 bridgehead atoms. The molecule has 204 valence electrons. The Balaban J connectivity index is 1.31. The van der Waals surface area contributed by atoms with Crippen molar-refractivity contribution < 1.29 is 13.9 Å². The minimum Gasteiger partial charge on any atom is -0.492 e. The summed E-state index contributed by atoms with van der Waals surface area (Å²) in [6.07, 6.45) is 7.63. The van der Waals surface area contributed by atoms with Crippen LogP contribution in [-0.2, 0) is 14.1 Å². The summed E-state index contributed by atoms with van der Waals surface area (Å²) in [7, 11) is 3.79. The zero-order valence-corrected chi connectivity index (χ0v) is 22.9. The molecule has 2 aromatic heterocycles. The monoisotopic (exact) mass is 530 g/mol. The van der Waals surface area contributed by atoms with Crippen LogP contribution in [0.15, 0.2) is 61.2 Å². The third kappa shape index (κ3) is 6.20. The number of nitrogens with zero attached hydrogens (tertiary/aromatic N) is 5. The zero-order valence-electron chi connectivity index (χ0n) is 22.9. The van der Waals surface area contributed by atoms with Gasteiger partial charge in [0, 0.05) is 68.7 Å². The highest BCUT2D eigenvalue weighted by atomic mass is 19.1. The summed E-state index contributed by atoms with van der Waals surface area (Å²) in [6.45, 7) is 6.45. The van der Waals surface area contributed by atoms with E-state index < -0.39 is 0 Å². The number of likely N-dealkylation sites (tertiary alicyclic amines) is 1. The quantitative estimate of drug-likeness (QED) is 0.325. The van der Waals surface area contributed by atoms with E-state index in [1.807, 2.05) is 64.9 Å². The highest BCUT2D eigenvalue weighted by molar-refractivity contribution is 5.96. The van der Waals surface area contributed by atoms with E-state index in [2.05, 4.69) is 38.6 Å². The van der Waals surface area contributed by atoms with E-state index >= 15 is 0 Å². The Hall–Kier alpha value is -3.98. The lowest BCUT2D eigenvalue weighted by atomic mass is 9.96. The number of carbonyl (C=O) groups is 1. The smallest absolute Gasteiger partial charge is 0.252 e.